The number of rotatable bonds is 3. The van der Waals surface area contributed by atoms with Crippen molar-refractivity contribution in [2.45, 2.75) is 59.1 Å². The lowest BCUT2D eigenvalue weighted by atomic mass is 9.82. The molecule has 0 N–H and O–H groups in total. The Hall–Kier alpha value is -1.96. The van der Waals surface area contributed by atoms with E-state index < -0.39 is 9.24 Å². The first-order valence-corrected chi connectivity index (χ1v) is 15.4. The fourth-order valence-corrected chi connectivity index (χ4v) is 8.91. The molecule has 0 nitrogen and oxygen atoms in total. The third-order valence-corrected chi connectivity index (χ3v) is 9.54. The van der Waals surface area contributed by atoms with Gasteiger partial charge in [0.2, 0.25) is 0 Å². The highest BCUT2D eigenvalue weighted by Crippen LogP contribution is 2.67. The number of halogens is 1. The van der Waals surface area contributed by atoms with E-state index in [0.717, 1.165) is 12.8 Å². The SMILES string of the molecule is CC1=Cc2c(-c3cc(C)cc(C)c3)c3c(c(-c4cc(C)cc(C)c4)c2C1S(C)(C)Cl)CCC3. The molecule has 1 unspecified atom stereocenters. The molecule has 0 spiro atoms. The molecule has 0 aromatic heterocycles. The van der Waals surface area contributed by atoms with Crippen molar-refractivity contribution < 1.29 is 0 Å². The standard InChI is InChI=1S/C31H35ClS/c1-18-11-19(2)14-23(13-18)28-25-9-8-10-26(25)29(24-15-20(3)12-21(4)16-24)30-27(28)17-22(5)31(30)33(6,7)32/h11-17,31H,8-10H2,1-7H3. The summed E-state index contributed by atoms with van der Waals surface area (Å²) in [7, 11) is 5.88. The molecule has 2 aliphatic rings. The zero-order valence-corrected chi connectivity index (χ0v) is 22.6. The molecular formula is C31H35ClS. The largest absolute Gasteiger partial charge is 0.158 e. The molecule has 0 bridgehead atoms. The summed E-state index contributed by atoms with van der Waals surface area (Å²) in [6, 6.07) is 14.1. The van der Waals surface area contributed by atoms with Crippen LogP contribution < -0.4 is 0 Å². The topological polar surface area (TPSA) is 0 Å². The predicted octanol–water partition coefficient (Wildman–Crippen LogP) is 9.42. The van der Waals surface area contributed by atoms with Gasteiger partial charge in [-0.3, -0.25) is 0 Å². The van der Waals surface area contributed by atoms with Gasteiger partial charge in [0.05, 0.1) is 0 Å². The lowest BCUT2D eigenvalue weighted by molar-refractivity contribution is 0.912. The molecule has 1 atom stereocenters. The van der Waals surface area contributed by atoms with E-state index >= 15 is 0 Å². The van der Waals surface area contributed by atoms with Gasteiger partial charge in [-0.05, 0) is 111 Å². The zero-order valence-electron chi connectivity index (χ0n) is 21.0. The second-order valence-electron chi connectivity index (χ2n) is 10.7. The van der Waals surface area contributed by atoms with E-state index in [9.17, 15) is 0 Å². The van der Waals surface area contributed by atoms with Gasteiger partial charge >= 0.3 is 0 Å². The van der Waals surface area contributed by atoms with E-state index in [1.165, 1.54) is 67.6 Å². The zero-order chi connectivity index (χ0) is 23.7. The van der Waals surface area contributed by atoms with Crippen LogP contribution >= 0.6 is 19.9 Å². The Morgan fingerprint density at radius 1 is 0.697 bits per heavy atom. The minimum atomic E-state index is -1.34. The van der Waals surface area contributed by atoms with Crippen LogP contribution in [-0.4, -0.2) is 12.5 Å². The quantitative estimate of drug-likeness (QED) is 0.354. The molecule has 0 heterocycles. The summed E-state index contributed by atoms with van der Waals surface area (Å²) in [5, 5.41) is 0.292. The monoisotopic (exact) mass is 474 g/mol. The first kappa shape index (κ1) is 22.8. The van der Waals surface area contributed by atoms with Gasteiger partial charge < -0.3 is 0 Å². The van der Waals surface area contributed by atoms with Crippen LogP contribution in [0.5, 0.6) is 0 Å². The summed E-state index contributed by atoms with van der Waals surface area (Å²) in [6.07, 6.45) is 10.6. The van der Waals surface area contributed by atoms with Gasteiger partial charge in [0.25, 0.3) is 0 Å². The Bertz CT molecular complexity index is 1280. The Kier molecular flexibility index (Phi) is 5.58. The van der Waals surface area contributed by atoms with Crippen molar-refractivity contribution in [3.05, 3.63) is 86.5 Å². The van der Waals surface area contributed by atoms with Crippen molar-refractivity contribution in [1.82, 2.24) is 0 Å². The van der Waals surface area contributed by atoms with E-state index in [-0.39, 0.29) is 0 Å². The molecule has 0 saturated heterocycles. The fourth-order valence-electron chi connectivity index (χ4n) is 6.46. The van der Waals surface area contributed by atoms with Crippen LogP contribution in [0.4, 0.5) is 0 Å². The van der Waals surface area contributed by atoms with Gasteiger partial charge in [-0.2, -0.15) is 9.24 Å². The van der Waals surface area contributed by atoms with E-state index in [0.29, 0.717) is 5.25 Å². The van der Waals surface area contributed by atoms with E-state index in [1.807, 2.05) is 0 Å². The average molecular weight is 475 g/mol. The lowest BCUT2D eigenvalue weighted by Crippen LogP contribution is -2.08. The van der Waals surface area contributed by atoms with Crippen LogP contribution in [0.15, 0.2) is 42.0 Å². The molecule has 0 aliphatic heterocycles. The minimum absolute atomic E-state index is 0.292. The van der Waals surface area contributed by atoms with E-state index in [1.54, 1.807) is 11.1 Å². The van der Waals surface area contributed by atoms with Crippen molar-refractivity contribution in [1.29, 1.82) is 0 Å². The highest BCUT2D eigenvalue weighted by atomic mass is 35.7. The predicted molar refractivity (Wildman–Crippen MR) is 150 cm³/mol. The fraction of sp³-hybridized carbons (Fsp3) is 0.355. The van der Waals surface area contributed by atoms with Crippen LogP contribution in [0.1, 0.15) is 63.1 Å². The number of fused-ring (bicyclic) bond motifs is 2. The van der Waals surface area contributed by atoms with Gasteiger partial charge in [-0.15, -0.1) is 0 Å². The first-order valence-electron chi connectivity index (χ1n) is 12.0. The molecular weight excluding hydrogens is 440 g/mol. The van der Waals surface area contributed by atoms with E-state index in [4.69, 9.17) is 10.7 Å². The maximum Gasteiger partial charge on any atom is 0.0481 e. The summed E-state index contributed by atoms with van der Waals surface area (Å²) in [5.74, 6) is 0. The lowest BCUT2D eigenvalue weighted by Gasteiger charge is -2.35. The maximum absolute atomic E-state index is 7.23. The number of hydrogen-bond donors (Lipinski definition) is 0. The third kappa shape index (κ3) is 3.88. The Balaban J connectivity index is 1.93. The number of hydrogen-bond acceptors (Lipinski definition) is 0. The molecule has 3 aromatic carbocycles. The third-order valence-electron chi connectivity index (χ3n) is 7.28. The van der Waals surface area contributed by atoms with Crippen molar-refractivity contribution in [3.63, 3.8) is 0 Å². The van der Waals surface area contributed by atoms with Crippen LogP contribution in [0.2, 0.25) is 0 Å². The second kappa shape index (κ2) is 8.07. The summed E-state index contributed by atoms with van der Waals surface area (Å²) in [6.45, 7) is 11.2. The molecule has 0 amide bonds. The van der Waals surface area contributed by atoms with Gasteiger partial charge in [0.1, 0.15) is 0 Å². The highest BCUT2D eigenvalue weighted by molar-refractivity contribution is 8.50. The Morgan fingerprint density at radius 2 is 1.15 bits per heavy atom. The molecule has 3 aromatic rings. The average Bonchev–Trinajstić information content (AvgIpc) is 3.27. The van der Waals surface area contributed by atoms with Gasteiger partial charge in [-0.25, -0.2) is 0 Å². The van der Waals surface area contributed by atoms with Crippen molar-refractivity contribution in [3.8, 4) is 22.3 Å². The molecule has 2 aliphatic carbocycles. The Morgan fingerprint density at radius 3 is 1.64 bits per heavy atom. The molecule has 33 heavy (non-hydrogen) atoms. The van der Waals surface area contributed by atoms with Crippen LogP contribution in [0.3, 0.4) is 0 Å². The first-order chi connectivity index (χ1) is 15.5. The highest BCUT2D eigenvalue weighted by Gasteiger charge is 2.38. The molecule has 0 fully saturated rings. The van der Waals surface area contributed by atoms with Crippen LogP contribution in [0.25, 0.3) is 28.3 Å². The molecule has 0 radical (unpaired) electrons. The van der Waals surface area contributed by atoms with Crippen molar-refractivity contribution >= 4 is 26.0 Å². The van der Waals surface area contributed by atoms with Crippen molar-refractivity contribution in [2.75, 3.05) is 12.5 Å². The van der Waals surface area contributed by atoms with Crippen LogP contribution in [0, 0.1) is 27.7 Å². The molecule has 172 valence electrons. The molecule has 5 rings (SSSR count). The molecule has 2 heteroatoms. The normalized spacial score (nSPS) is 17.7. The number of benzene rings is 3. The van der Waals surface area contributed by atoms with Crippen molar-refractivity contribution in [2.24, 2.45) is 0 Å². The molecule has 0 saturated carbocycles. The summed E-state index contributed by atoms with van der Waals surface area (Å²) in [4.78, 5) is 0. The summed E-state index contributed by atoms with van der Waals surface area (Å²) < 4.78 is 0. The van der Waals surface area contributed by atoms with Gasteiger partial charge in [-0.1, -0.05) is 81.0 Å². The number of aryl methyl sites for hydroxylation is 4. The van der Waals surface area contributed by atoms with Gasteiger partial charge in [0, 0.05) is 5.25 Å². The minimum Gasteiger partial charge on any atom is -0.158 e. The summed E-state index contributed by atoms with van der Waals surface area (Å²) in [5.41, 5.74) is 18.5. The van der Waals surface area contributed by atoms with Gasteiger partial charge in [0.15, 0.2) is 0 Å². The Labute approximate surface area is 205 Å². The smallest absolute Gasteiger partial charge is 0.0481 e. The van der Waals surface area contributed by atoms with Crippen LogP contribution in [-0.2, 0) is 12.8 Å². The second-order valence-corrected chi connectivity index (χ2v) is 16.1. The summed E-state index contributed by atoms with van der Waals surface area (Å²) >= 11 is 0. The van der Waals surface area contributed by atoms with E-state index in [2.05, 4.69) is 89.6 Å². The maximum atomic E-state index is 7.23.